The third-order valence-corrected chi connectivity index (χ3v) is 4.59. The molecule has 0 aromatic heterocycles. The van der Waals surface area contributed by atoms with Crippen LogP contribution in [0.2, 0.25) is 10.0 Å². The molecule has 1 aromatic carbocycles. The highest BCUT2D eigenvalue weighted by atomic mass is 35.5. The van der Waals surface area contributed by atoms with Gasteiger partial charge in [-0.2, -0.15) is 0 Å². The molecule has 0 spiro atoms. The fourth-order valence-corrected chi connectivity index (χ4v) is 3.19. The maximum Gasteiger partial charge on any atom is 0.238 e. The summed E-state index contributed by atoms with van der Waals surface area (Å²) in [5.74, 6) is 1.32. The van der Waals surface area contributed by atoms with Crippen molar-refractivity contribution in [3.63, 3.8) is 0 Å². The van der Waals surface area contributed by atoms with Crippen LogP contribution in [0.25, 0.3) is 0 Å². The highest BCUT2D eigenvalue weighted by Crippen LogP contribution is 2.31. The van der Waals surface area contributed by atoms with Crippen LogP contribution < -0.4 is 10.6 Å². The van der Waals surface area contributed by atoms with Gasteiger partial charge in [0.2, 0.25) is 5.91 Å². The Morgan fingerprint density at radius 3 is 2.60 bits per heavy atom. The average molecular weight is 315 g/mol. The van der Waals surface area contributed by atoms with Crippen LogP contribution in [0.3, 0.4) is 0 Å². The van der Waals surface area contributed by atoms with Gasteiger partial charge in [0.15, 0.2) is 0 Å². The molecule has 2 atom stereocenters. The molecule has 0 bridgehead atoms. The lowest BCUT2D eigenvalue weighted by molar-refractivity contribution is -0.115. The number of nitrogens with one attached hydrogen (secondary N) is 2. The summed E-state index contributed by atoms with van der Waals surface area (Å²) in [5, 5.41) is 6.88. The number of para-hydroxylation sites is 1. The molecular formula is C15H20Cl2N2O. The first kappa shape index (κ1) is 15.6. The smallest absolute Gasteiger partial charge is 0.238 e. The minimum atomic E-state index is -0.120. The lowest BCUT2D eigenvalue weighted by Crippen LogP contribution is -2.32. The van der Waals surface area contributed by atoms with E-state index in [1.54, 1.807) is 18.2 Å². The molecule has 110 valence electrons. The van der Waals surface area contributed by atoms with Crippen LogP contribution in [-0.2, 0) is 4.79 Å². The van der Waals surface area contributed by atoms with Crippen molar-refractivity contribution in [1.29, 1.82) is 0 Å². The lowest BCUT2D eigenvalue weighted by atomic mass is 9.98. The number of hydrogen-bond acceptors (Lipinski definition) is 2. The molecule has 0 aliphatic heterocycles. The standard InChI is InChI=1S/C15H20Cl2N2O/c1-10-4-2-5-11(10)8-18-9-14(20)19-15-12(16)6-3-7-13(15)17/h3,6-7,10-11,18H,2,4-5,8-9H2,1H3,(H,19,20). The van der Waals surface area contributed by atoms with Crippen molar-refractivity contribution in [3.05, 3.63) is 28.2 Å². The van der Waals surface area contributed by atoms with Crippen LogP contribution in [0.15, 0.2) is 18.2 Å². The van der Waals surface area contributed by atoms with Gasteiger partial charge < -0.3 is 10.6 Å². The van der Waals surface area contributed by atoms with Crippen molar-refractivity contribution in [1.82, 2.24) is 5.32 Å². The topological polar surface area (TPSA) is 41.1 Å². The van der Waals surface area contributed by atoms with Crippen LogP contribution in [0.5, 0.6) is 0 Å². The normalized spacial score (nSPS) is 21.9. The molecule has 2 unspecified atom stereocenters. The summed E-state index contributed by atoms with van der Waals surface area (Å²) in [6.45, 7) is 3.46. The number of rotatable bonds is 5. The zero-order valence-electron chi connectivity index (χ0n) is 11.6. The summed E-state index contributed by atoms with van der Waals surface area (Å²) in [7, 11) is 0. The van der Waals surface area contributed by atoms with Crippen LogP contribution in [-0.4, -0.2) is 19.0 Å². The van der Waals surface area contributed by atoms with Crippen molar-refractivity contribution in [2.75, 3.05) is 18.4 Å². The number of benzene rings is 1. The van der Waals surface area contributed by atoms with Gasteiger partial charge in [0, 0.05) is 0 Å². The summed E-state index contributed by atoms with van der Waals surface area (Å²) in [4.78, 5) is 11.9. The van der Waals surface area contributed by atoms with E-state index in [2.05, 4.69) is 17.6 Å². The molecule has 3 nitrogen and oxygen atoms in total. The first-order valence-corrected chi connectivity index (χ1v) is 7.78. The lowest BCUT2D eigenvalue weighted by Gasteiger charge is -2.16. The van der Waals surface area contributed by atoms with Gasteiger partial charge in [-0.3, -0.25) is 4.79 Å². The van der Waals surface area contributed by atoms with Crippen molar-refractivity contribution in [2.24, 2.45) is 11.8 Å². The van der Waals surface area contributed by atoms with E-state index in [0.717, 1.165) is 12.5 Å². The molecule has 5 heteroatoms. The first-order chi connectivity index (χ1) is 9.58. The molecule has 1 aromatic rings. The number of halogens is 2. The van der Waals surface area contributed by atoms with Gasteiger partial charge >= 0.3 is 0 Å². The average Bonchev–Trinajstić information content (AvgIpc) is 2.80. The SMILES string of the molecule is CC1CCCC1CNCC(=O)Nc1c(Cl)cccc1Cl. The van der Waals surface area contributed by atoms with E-state index in [1.807, 2.05) is 0 Å². The van der Waals surface area contributed by atoms with Gasteiger partial charge in [0.25, 0.3) is 0 Å². The summed E-state index contributed by atoms with van der Waals surface area (Å²) < 4.78 is 0. The monoisotopic (exact) mass is 314 g/mol. The van der Waals surface area contributed by atoms with Gasteiger partial charge in [-0.25, -0.2) is 0 Å². The van der Waals surface area contributed by atoms with Gasteiger partial charge in [0.05, 0.1) is 22.3 Å². The van der Waals surface area contributed by atoms with E-state index in [9.17, 15) is 4.79 Å². The summed E-state index contributed by atoms with van der Waals surface area (Å²) in [5.41, 5.74) is 0.483. The molecule has 2 rings (SSSR count). The second kappa shape index (κ2) is 7.30. The Balaban J connectivity index is 1.78. The maximum absolute atomic E-state index is 11.9. The van der Waals surface area contributed by atoms with Crippen molar-refractivity contribution >= 4 is 34.8 Å². The molecular weight excluding hydrogens is 295 g/mol. The molecule has 2 N–H and O–H groups in total. The Bertz CT molecular complexity index is 459. The highest BCUT2D eigenvalue weighted by molar-refractivity contribution is 6.39. The number of carbonyl (C=O) groups is 1. The minimum Gasteiger partial charge on any atom is -0.322 e. The van der Waals surface area contributed by atoms with Crippen molar-refractivity contribution < 1.29 is 4.79 Å². The van der Waals surface area contributed by atoms with E-state index in [-0.39, 0.29) is 12.5 Å². The van der Waals surface area contributed by atoms with Crippen molar-refractivity contribution in [3.8, 4) is 0 Å². The van der Waals surface area contributed by atoms with Gasteiger partial charge in [0.1, 0.15) is 0 Å². The Labute approximate surface area is 130 Å². The predicted molar refractivity (Wildman–Crippen MR) is 84.5 cm³/mol. The fourth-order valence-electron chi connectivity index (χ4n) is 2.70. The van der Waals surface area contributed by atoms with E-state index in [0.29, 0.717) is 21.7 Å². The molecule has 0 radical (unpaired) electrons. The van der Waals surface area contributed by atoms with E-state index in [4.69, 9.17) is 23.2 Å². The first-order valence-electron chi connectivity index (χ1n) is 7.02. The van der Waals surface area contributed by atoms with Crippen LogP contribution in [0.4, 0.5) is 5.69 Å². The Morgan fingerprint density at radius 2 is 2.00 bits per heavy atom. The zero-order chi connectivity index (χ0) is 14.5. The number of anilines is 1. The Kier molecular flexibility index (Phi) is 5.70. The second-order valence-corrected chi connectivity index (χ2v) is 6.26. The molecule has 1 saturated carbocycles. The number of hydrogen-bond donors (Lipinski definition) is 2. The number of amides is 1. The maximum atomic E-state index is 11.9. The zero-order valence-corrected chi connectivity index (χ0v) is 13.1. The summed E-state index contributed by atoms with van der Waals surface area (Å²) >= 11 is 12.0. The van der Waals surface area contributed by atoms with Gasteiger partial charge in [-0.05, 0) is 36.9 Å². The minimum absolute atomic E-state index is 0.120. The molecule has 20 heavy (non-hydrogen) atoms. The van der Waals surface area contributed by atoms with Crippen molar-refractivity contribution in [2.45, 2.75) is 26.2 Å². The van der Waals surface area contributed by atoms with Crippen LogP contribution in [0.1, 0.15) is 26.2 Å². The van der Waals surface area contributed by atoms with E-state index < -0.39 is 0 Å². The predicted octanol–water partition coefficient (Wildman–Crippen LogP) is 3.96. The second-order valence-electron chi connectivity index (χ2n) is 5.44. The van der Waals surface area contributed by atoms with E-state index >= 15 is 0 Å². The summed E-state index contributed by atoms with van der Waals surface area (Å²) in [6, 6.07) is 5.16. The van der Waals surface area contributed by atoms with Gasteiger partial charge in [-0.1, -0.05) is 49.0 Å². The molecule has 0 heterocycles. The van der Waals surface area contributed by atoms with E-state index in [1.165, 1.54) is 19.3 Å². The highest BCUT2D eigenvalue weighted by Gasteiger charge is 2.22. The number of carbonyl (C=O) groups excluding carboxylic acids is 1. The van der Waals surface area contributed by atoms with Crippen LogP contribution in [0, 0.1) is 11.8 Å². The van der Waals surface area contributed by atoms with Crippen LogP contribution >= 0.6 is 23.2 Å². The molecule has 1 aliphatic rings. The van der Waals surface area contributed by atoms with Gasteiger partial charge in [-0.15, -0.1) is 0 Å². The third kappa shape index (κ3) is 4.11. The Hall–Kier alpha value is -0.770. The largest absolute Gasteiger partial charge is 0.322 e. The quantitative estimate of drug-likeness (QED) is 0.863. The molecule has 1 aliphatic carbocycles. The molecule has 1 fully saturated rings. The summed E-state index contributed by atoms with van der Waals surface area (Å²) in [6.07, 6.45) is 3.86. The molecule has 0 saturated heterocycles. The third-order valence-electron chi connectivity index (χ3n) is 3.96. The molecule has 1 amide bonds. The fraction of sp³-hybridized carbons (Fsp3) is 0.533. The Morgan fingerprint density at radius 1 is 1.30 bits per heavy atom.